The Hall–Kier alpha value is -2.39. The minimum absolute atomic E-state index is 0.0364. The van der Waals surface area contributed by atoms with Crippen molar-refractivity contribution in [1.82, 2.24) is 31.1 Å². The maximum Gasteiger partial charge on any atom is 0.423 e. The van der Waals surface area contributed by atoms with Crippen molar-refractivity contribution in [1.29, 1.82) is 0 Å². The molecule has 0 unspecified atom stereocenters. The van der Waals surface area contributed by atoms with Crippen molar-refractivity contribution < 1.29 is 14.7 Å². The number of carbonyl (C=O) groups is 2. The molecule has 1 rings (SSSR count). The van der Waals surface area contributed by atoms with Crippen LogP contribution in [-0.2, 0) is 0 Å². The molecule has 0 radical (unpaired) electrons. The molecule has 1 aromatic heterocycles. The number of carboxylic acid groups (broad SMARTS) is 1. The van der Waals surface area contributed by atoms with Crippen molar-refractivity contribution in [2.45, 2.75) is 6.92 Å². The highest BCUT2D eigenvalue weighted by Gasteiger charge is 2.15. The van der Waals surface area contributed by atoms with Gasteiger partial charge in [0.1, 0.15) is 0 Å². The normalized spacial score (nSPS) is 9.40. The number of nitrogens with one attached hydrogen (secondary N) is 3. The Morgan fingerprint density at radius 3 is 2.80 bits per heavy atom. The van der Waals surface area contributed by atoms with Crippen LogP contribution in [0.5, 0.6) is 0 Å². The quantitative estimate of drug-likeness (QED) is 0.478. The number of hydrazine groups is 1. The number of urea groups is 1. The summed E-state index contributed by atoms with van der Waals surface area (Å²) in [6.45, 7) is 1.77. The summed E-state index contributed by atoms with van der Waals surface area (Å²) < 4.78 is 0. The van der Waals surface area contributed by atoms with Crippen molar-refractivity contribution in [2.24, 2.45) is 0 Å². The summed E-state index contributed by atoms with van der Waals surface area (Å²) >= 11 is 0. The molecular weight excluding hydrogens is 206 g/mol. The molecule has 82 valence electrons. The third-order valence-electron chi connectivity index (χ3n) is 1.36. The van der Waals surface area contributed by atoms with Crippen LogP contribution >= 0.6 is 0 Å². The molecule has 0 fully saturated rings. The number of anilines is 1. The van der Waals surface area contributed by atoms with Gasteiger partial charge in [-0.05, 0) is 12.1 Å². The first-order chi connectivity index (χ1) is 7.13. The van der Waals surface area contributed by atoms with Gasteiger partial charge >= 0.3 is 12.1 Å². The van der Waals surface area contributed by atoms with E-state index < -0.39 is 12.1 Å². The molecule has 0 spiro atoms. The van der Waals surface area contributed by atoms with Crippen molar-refractivity contribution in [3.63, 3.8) is 0 Å². The van der Waals surface area contributed by atoms with Gasteiger partial charge in [-0.3, -0.25) is 5.32 Å². The lowest BCUT2D eigenvalue weighted by Crippen LogP contribution is -2.47. The number of H-pyrrole nitrogens is 1. The largest absolute Gasteiger partial charge is 0.464 e. The second-order valence-electron chi connectivity index (χ2n) is 2.33. The minimum atomic E-state index is -1.33. The Morgan fingerprint density at radius 1 is 1.60 bits per heavy atom. The van der Waals surface area contributed by atoms with Crippen LogP contribution in [0, 0.1) is 0 Å². The highest BCUT2D eigenvalue weighted by molar-refractivity contribution is 5.88. The van der Waals surface area contributed by atoms with Gasteiger partial charge in [-0.2, -0.15) is 5.21 Å². The fourth-order valence-corrected chi connectivity index (χ4v) is 0.767. The van der Waals surface area contributed by atoms with Crippen LogP contribution in [0.25, 0.3) is 0 Å². The Morgan fingerprint density at radius 2 is 2.33 bits per heavy atom. The first-order valence-corrected chi connectivity index (χ1v) is 3.95. The van der Waals surface area contributed by atoms with Crippen LogP contribution in [0.2, 0.25) is 0 Å². The van der Waals surface area contributed by atoms with Gasteiger partial charge in [0.2, 0.25) is 0 Å². The van der Waals surface area contributed by atoms with Gasteiger partial charge < -0.3 is 5.11 Å². The first-order valence-electron chi connectivity index (χ1n) is 3.95. The topological polar surface area (TPSA) is 136 Å². The third kappa shape index (κ3) is 3.10. The molecule has 3 amide bonds. The second kappa shape index (κ2) is 4.74. The van der Waals surface area contributed by atoms with Gasteiger partial charge in [0.15, 0.2) is 0 Å². The monoisotopic (exact) mass is 215 g/mol. The van der Waals surface area contributed by atoms with E-state index in [2.05, 4.69) is 25.9 Å². The average molecular weight is 215 g/mol. The lowest BCUT2D eigenvalue weighted by molar-refractivity contribution is 0.151. The molecule has 0 bridgehead atoms. The Labute approximate surface area is 83.6 Å². The van der Waals surface area contributed by atoms with Crippen molar-refractivity contribution in [2.75, 3.05) is 11.9 Å². The number of tetrazole rings is 1. The zero-order valence-electron chi connectivity index (χ0n) is 7.76. The Bertz CT molecular complexity index is 336. The van der Waals surface area contributed by atoms with Crippen LogP contribution < -0.4 is 10.7 Å². The van der Waals surface area contributed by atoms with E-state index in [9.17, 15) is 9.59 Å². The van der Waals surface area contributed by atoms with Crippen LogP contribution in [0.4, 0.5) is 15.5 Å². The molecule has 0 aromatic carbocycles. The Balaban J connectivity index is 2.54. The molecule has 10 heteroatoms. The van der Waals surface area contributed by atoms with E-state index in [0.717, 1.165) is 5.01 Å². The number of nitrogens with zero attached hydrogens (tertiary/aromatic N) is 4. The van der Waals surface area contributed by atoms with Gasteiger partial charge in [0, 0.05) is 6.54 Å². The molecule has 0 aliphatic heterocycles. The number of amides is 3. The highest BCUT2D eigenvalue weighted by atomic mass is 16.4. The van der Waals surface area contributed by atoms with Crippen LogP contribution in [-0.4, -0.2) is 49.4 Å². The third-order valence-corrected chi connectivity index (χ3v) is 1.36. The van der Waals surface area contributed by atoms with Gasteiger partial charge in [-0.15, -0.1) is 5.10 Å². The number of hydrogen-bond donors (Lipinski definition) is 4. The van der Waals surface area contributed by atoms with E-state index in [4.69, 9.17) is 5.11 Å². The molecule has 0 saturated heterocycles. The number of carbonyl (C=O) groups excluding carboxylic acids is 1. The SMILES string of the molecule is CCN(NC(=O)O)C(=O)Nc1nn[nH]n1. The number of aromatic amines is 1. The Kier molecular flexibility index (Phi) is 3.38. The summed E-state index contributed by atoms with van der Waals surface area (Å²) in [5.74, 6) is -0.0364. The van der Waals surface area contributed by atoms with E-state index in [-0.39, 0.29) is 12.5 Å². The maximum atomic E-state index is 11.3. The fraction of sp³-hybridized carbons (Fsp3) is 0.400. The molecule has 15 heavy (non-hydrogen) atoms. The molecule has 10 nitrogen and oxygen atoms in total. The standard InChI is InChI=1S/C5H9N7O3/c1-2-12(9-5(14)15)4(13)6-3-7-10-11-8-3/h9H,2H2,1H3,(H,14,15)(H2,6,7,8,10,11,13). The molecule has 0 saturated carbocycles. The predicted molar refractivity (Wildman–Crippen MR) is 46.7 cm³/mol. The highest BCUT2D eigenvalue weighted by Crippen LogP contribution is 1.94. The summed E-state index contributed by atoms with van der Waals surface area (Å²) in [5.41, 5.74) is 1.89. The van der Waals surface area contributed by atoms with Crippen LogP contribution in [0.1, 0.15) is 6.92 Å². The minimum Gasteiger partial charge on any atom is -0.464 e. The van der Waals surface area contributed by atoms with Gasteiger partial charge in [0.05, 0.1) is 0 Å². The number of hydrogen-bond acceptors (Lipinski definition) is 5. The first kappa shape index (κ1) is 10.7. The van der Waals surface area contributed by atoms with Gasteiger partial charge in [-0.1, -0.05) is 5.10 Å². The predicted octanol–water partition coefficient (Wildman–Crippen LogP) is -0.764. The summed E-state index contributed by atoms with van der Waals surface area (Å²) in [7, 11) is 0. The molecule has 1 aromatic rings. The van der Waals surface area contributed by atoms with E-state index in [1.165, 1.54) is 0 Å². The summed E-state index contributed by atoms with van der Waals surface area (Å²) in [6, 6.07) is -0.693. The summed E-state index contributed by atoms with van der Waals surface area (Å²) in [6.07, 6.45) is -1.33. The van der Waals surface area contributed by atoms with Crippen molar-refractivity contribution >= 4 is 18.1 Å². The summed E-state index contributed by atoms with van der Waals surface area (Å²) in [4.78, 5) is 21.6. The van der Waals surface area contributed by atoms with E-state index >= 15 is 0 Å². The average Bonchev–Trinajstić information content (AvgIpc) is 2.66. The molecule has 0 atom stereocenters. The number of aromatic nitrogens is 4. The fourth-order valence-electron chi connectivity index (χ4n) is 0.767. The van der Waals surface area contributed by atoms with Crippen LogP contribution in [0.3, 0.4) is 0 Å². The van der Waals surface area contributed by atoms with E-state index in [0.29, 0.717) is 0 Å². The molecular formula is C5H9N7O3. The molecule has 4 N–H and O–H groups in total. The lowest BCUT2D eigenvalue weighted by atomic mass is 10.7. The van der Waals surface area contributed by atoms with Crippen molar-refractivity contribution in [3.8, 4) is 0 Å². The van der Waals surface area contributed by atoms with Crippen molar-refractivity contribution in [3.05, 3.63) is 0 Å². The van der Waals surface area contributed by atoms with E-state index in [1.54, 1.807) is 6.92 Å². The summed E-state index contributed by atoms with van der Waals surface area (Å²) in [5, 5.41) is 23.8. The zero-order valence-corrected chi connectivity index (χ0v) is 7.76. The maximum absolute atomic E-state index is 11.3. The zero-order chi connectivity index (χ0) is 11.3. The smallest absolute Gasteiger partial charge is 0.423 e. The van der Waals surface area contributed by atoms with E-state index in [1.807, 2.05) is 5.43 Å². The lowest BCUT2D eigenvalue weighted by Gasteiger charge is -2.18. The molecule has 1 heterocycles. The second-order valence-corrected chi connectivity index (χ2v) is 2.33. The molecule has 0 aliphatic rings. The number of rotatable bonds is 2. The van der Waals surface area contributed by atoms with Gasteiger partial charge in [-0.25, -0.2) is 20.0 Å². The molecule has 0 aliphatic carbocycles. The van der Waals surface area contributed by atoms with Gasteiger partial charge in [0.25, 0.3) is 5.95 Å². The van der Waals surface area contributed by atoms with Crippen LogP contribution in [0.15, 0.2) is 0 Å².